The van der Waals surface area contributed by atoms with Crippen molar-refractivity contribution in [2.45, 2.75) is 110 Å². The van der Waals surface area contributed by atoms with Crippen molar-refractivity contribution < 1.29 is 35.1 Å². The molecule has 0 bridgehead atoms. The van der Waals surface area contributed by atoms with Gasteiger partial charge in [-0.05, 0) is 92.8 Å². The first-order valence-corrected chi connectivity index (χ1v) is 13.7. The number of fused-ring (bicyclic) bond motifs is 5. The molecule has 35 heavy (non-hydrogen) atoms. The van der Waals surface area contributed by atoms with E-state index < -0.39 is 47.3 Å². The number of cyclic esters (lactones) is 1. The molecule has 13 unspecified atom stereocenters. The average Bonchev–Trinajstić information content (AvgIpc) is 3.09. The lowest BCUT2D eigenvalue weighted by Gasteiger charge is -2.56. The van der Waals surface area contributed by atoms with E-state index in [9.17, 15) is 30.3 Å². The van der Waals surface area contributed by atoms with Gasteiger partial charge in [-0.3, -0.25) is 4.79 Å². The molecule has 7 heteroatoms. The monoisotopic (exact) mass is 496 g/mol. The minimum Gasteiger partial charge on any atom is -0.465 e. The quantitative estimate of drug-likeness (QED) is 0.370. The highest BCUT2D eigenvalue weighted by molar-refractivity contribution is 5.74. The Hall–Kier alpha value is -0.730. The molecule has 5 N–H and O–H groups in total. The number of ether oxygens (including phenoxy) is 1. The number of carbonyl (C=O) groups excluding carboxylic acids is 1. The molecular weight excluding hydrogens is 448 g/mol. The van der Waals surface area contributed by atoms with Gasteiger partial charge in [-0.25, -0.2) is 0 Å². The summed E-state index contributed by atoms with van der Waals surface area (Å²) in [6.07, 6.45) is 0.837. The molecule has 0 aromatic heterocycles. The maximum atomic E-state index is 13.0. The van der Waals surface area contributed by atoms with Gasteiger partial charge in [-0.15, -0.1) is 0 Å². The van der Waals surface area contributed by atoms with Crippen LogP contribution in [0.15, 0.2) is 0 Å². The minimum absolute atomic E-state index is 0.0470. The fourth-order valence-corrected chi connectivity index (χ4v) is 8.96. The molecule has 1 heterocycles. The lowest BCUT2D eigenvalue weighted by atomic mass is 9.48. The predicted molar refractivity (Wildman–Crippen MR) is 131 cm³/mol. The molecule has 0 amide bonds. The van der Waals surface area contributed by atoms with Crippen molar-refractivity contribution in [2.75, 3.05) is 6.61 Å². The van der Waals surface area contributed by atoms with Gasteiger partial charge in [0.2, 0.25) is 0 Å². The summed E-state index contributed by atoms with van der Waals surface area (Å²) in [5.74, 6) is -0.265. The molecule has 4 rings (SSSR count). The van der Waals surface area contributed by atoms with Crippen LogP contribution in [0.4, 0.5) is 0 Å². The largest absolute Gasteiger partial charge is 0.465 e. The lowest BCUT2D eigenvalue weighted by molar-refractivity contribution is -0.162. The Morgan fingerprint density at radius 1 is 0.971 bits per heavy atom. The molecule has 4 aliphatic rings. The first-order valence-electron chi connectivity index (χ1n) is 13.7. The highest BCUT2D eigenvalue weighted by Crippen LogP contribution is 2.66. The Balaban J connectivity index is 1.57. The number of aliphatic hydroxyl groups is 5. The van der Waals surface area contributed by atoms with Gasteiger partial charge >= 0.3 is 5.97 Å². The molecular formula is C28H48O7. The van der Waals surface area contributed by atoms with Crippen molar-refractivity contribution in [3.05, 3.63) is 0 Å². The van der Waals surface area contributed by atoms with Crippen LogP contribution in [-0.2, 0) is 9.53 Å². The van der Waals surface area contributed by atoms with E-state index in [-0.39, 0.29) is 41.5 Å². The van der Waals surface area contributed by atoms with E-state index in [0.29, 0.717) is 18.9 Å². The third-order valence-electron chi connectivity index (χ3n) is 11.6. The van der Waals surface area contributed by atoms with Crippen LogP contribution < -0.4 is 0 Å². The third-order valence-corrected chi connectivity index (χ3v) is 11.6. The Morgan fingerprint density at radius 2 is 1.60 bits per heavy atom. The summed E-state index contributed by atoms with van der Waals surface area (Å²) in [6, 6.07) is 0. The van der Waals surface area contributed by atoms with E-state index in [1.165, 1.54) is 0 Å². The van der Waals surface area contributed by atoms with Crippen molar-refractivity contribution in [3.8, 4) is 0 Å². The number of rotatable bonds is 5. The third kappa shape index (κ3) is 4.37. The molecule has 0 aromatic carbocycles. The summed E-state index contributed by atoms with van der Waals surface area (Å²) in [5.41, 5.74) is -1.54. The van der Waals surface area contributed by atoms with Crippen molar-refractivity contribution >= 4 is 5.97 Å². The molecule has 3 saturated carbocycles. The zero-order valence-corrected chi connectivity index (χ0v) is 22.4. The topological polar surface area (TPSA) is 127 Å². The molecule has 7 nitrogen and oxygen atoms in total. The van der Waals surface area contributed by atoms with Crippen molar-refractivity contribution in [2.24, 2.45) is 52.3 Å². The number of hydrogen-bond donors (Lipinski definition) is 5. The van der Waals surface area contributed by atoms with Crippen LogP contribution in [0.2, 0.25) is 0 Å². The Morgan fingerprint density at radius 3 is 2.23 bits per heavy atom. The van der Waals surface area contributed by atoms with Gasteiger partial charge < -0.3 is 30.3 Å². The van der Waals surface area contributed by atoms with Gasteiger partial charge in [0.1, 0.15) is 0 Å². The van der Waals surface area contributed by atoms with Gasteiger partial charge in [0.15, 0.2) is 0 Å². The van der Waals surface area contributed by atoms with Gasteiger partial charge in [-0.2, -0.15) is 0 Å². The SMILES string of the molecule is CC(C(O)C(O)C(C)C(C)(C)O)C1CCC2C3COC(=O)C4CC(O)C(O)CC4(C)C3CCC12C. The second kappa shape index (κ2) is 9.23. The van der Waals surface area contributed by atoms with E-state index in [0.717, 1.165) is 25.7 Å². The van der Waals surface area contributed by atoms with Crippen LogP contribution in [-0.4, -0.2) is 68.1 Å². The highest BCUT2D eigenvalue weighted by atomic mass is 16.5. The molecule has 0 aromatic rings. The van der Waals surface area contributed by atoms with Gasteiger partial charge in [0.25, 0.3) is 0 Å². The Kier molecular flexibility index (Phi) is 7.20. The van der Waals surface area contributed by atoms with Crippen LogP contribution in [0, 0.1) is 52.3 Å². The van der Waals surface area contributed by atoms with E-state index in [1.807, 2.05) is 6.92 Å². The molecule has 3 aliphatic carbocycles. The number of carbonyl (C=O) groups is 1. The fourth-order valence-electron chi connectivity index (χ4n) is 8.96. The molecule has 0 spiro atoms. The van der Waals surface area contributed by atoms with Gasteiger partial charge in [-0.1, -0.05) is 27.7 Å². The summed E-state index contributed by atoms with van der Waals surface area (Å²) in [5, 5.41) is 53.3. The van der Waals surface area contributed by atoms with E-state index in [1.54, 1.807) is 20.8 Å². The Bertz CT molecular complexity index is 795. The summed E-state index contributed by atoms with van der Waals surface area (Å²) >= 11 is 0. The molecule has 1 aliphatic heterocycles. The molecule has 13 atom stereocenters. The van der Waals surface area contributed by atoms with Crippen LogP contribution in [0.5, 0.6) is 0 Å². The first kappa shape index (κ1) is 27.3. The van der Waals surface area contributed by atoms with Gasteiger partial charge in [0.05, 0.1) is 42.5 Å². The zero-order valence-electron chi connectivity index (χ0n) is 22.4. The zero-order chi connectivity index (χ0) is 26.1. The molecule has 0 radical (unpaired) electrons. The molecule has 202 valence electrons. The van der Waals surface area contributed by atoms with Crippen molar-refractivity contribution in [1.29, 1.82) is 0 Å². The summed E-state index contributed by atoms with van der Waals surface area (Å²) in [4.78, 5) is 13.0. The minimum atomic E-state index is -1.09. The van der Waals surface area contributed by atoms with Crippen LogP contribution in [0.25, 0.3) is 0 Å². The summed E-state index contributed by atoms with van der Waals surface area (Å²) < 4.78 is 5.85. The van der Waals surface area contributed by atoms with Crippen molar-refractivity contribution in [1.82, 2.24) is 0 Å². The predicted octanol–water partition coefficient (Wildman–Crippen LogP) is 2.50. The average molecular weight is 497 g/mol. The number of hydrogen-bond acceptors (Lipinski definition) is 7. The van der Waals surface area contributed by atoms with E-state index in [4.69, 9.17) is 4.74 Å². The molecule has 1 saturated heterocycles. The number of aliphatic hydroxyl groups excluding tert-OH is 4. The van der Waals surface area contributed by atoms with Crippen LogP contribution in [0.1, 0.15) is 80.1 Å². The normalized spacial score (nSPS) is 47.4. The number of esters is 1. The first-order chi connectivity index (χ1) is 16.1. The summed E-state index contributed by atoms with van der Waals surface area (Å²) in [7, 11) is 0. The second-order valence-electron chi connectivity index (χ2n) is 13.7. The highest BCUT2D eigenvalue weighted by Gasteiger charge is 2.63. The van der Waals surface area contributed by atoms with Crippen molar-refractivity contribution in [3.63, 3.8) is 0 Å². The van der Waals surface area contributed by atoms with Crippen LogP contribution in [0.3, 0.4) is 0 Å². The standard InChI is InChI=1S/C28H48O7/c1-14(23(31)24(32)15(2)26(3,4)34)17-7-8-18-16-13-35-25(33)20-11-21(29)22(30)12-28(20,6)19(16)9-10-27(17,18)5/h14-24,29-32,34H,7-13H2,1-6H3. The lowest BCUT2D eigenvalue weighted by Crippen LogP contribution is -2.55. The van der Waals surface area contributed by atoms with E-state index in [2.05, 4.69) is 13.8 Å². The maximum absolute atomic E-state index is 13.0. The molecule has 4 fully saturated rings. The van der Waals surface area contributed by atoms with Crippen LogP contribution >= 0.6 is 0 Å². The van der Waals surface area contributed by atoms with Gasteiger partial charge in [0, 0.05) is 5.92 Å². The smallest absolute Gasteiger partial charge is 0.309 e. The maximum Gasteiger partial charge on any atom is 0.309 e. The fraction of sp³-hybridized carbons (Fsp3) is 0.964. The van der Waals surface area contributed by atoms with E-state index >= 15 is 0 Å². The summed E-state index contributed by atoms with van der Waals surface area (Å²) in [6.45, 7) is 11.9. The Labute approximate surface area is 210 Å². The second-order valence-corrected chi connectivity index (χ2v) is 13.7.